The number of carbonyl (C=O) groups excluding carboxylic acids is 2. The summed E-state index contributed by atoms with van der Waals surface area (Å²) in [6.07, 6.45) is 3.51. The van der Waals surface area contributed by atoms with E-state index in [0.29, 0.717) is 38.1 Å². The standard InChI is InChI=1S/C14H22N4O3/c1-4-10-12(19)16-14(5-2,6-3)13(20)18(10)8-7-11-15-9-21-17-11/h9-10H,4-8H2,1-3H3,(H,16,19). The third-order valence-electron chi connectivity index (χ3n) is 4.29. The van der Waals surface area contributed by atoms with Crippen LogP contribution in [0, 0.1) is 0 Å². The lowest BCUT2D eigenvalue weighted by Gasteiger charge is -2.45. The fourth-order valence-corrected chi connectivity index (χ4v) is 2.85. The minimum atomic E-state index is -0.778. The monoisotopic (exact) mass is 294 g/mol. The van der Waals surface area contributed by atoms with Gasteiger partial charge in [0.2, 0.25) is 18.2 Å². The molecule has 0 spiro atoms. The molecular formula is C14H22N4O3. The van der Waals surface area contributed by atoms with Crippen molar-refractivity contribution in [3.8, 4) is 0 Å². The smallest absolute Gasteiger partial charge is 0.248 e. The van der Waals surface area contributed by atoms with Gasteiger partial charge < -0.3 is 14.7 Å². The summed E-state index contributed by atoms with van der Waals surface area (Å²) in [5.41, 5.74) is -0.778. The lowest BCUT2D eigenvalue weighted by molar-refractivity contribution is -0.155. The molecule has 1 aliphatic rings. The van der Waals surface area contributed by atoms with Gasteiger partial charge in [0.1, 0.15) is 11.6 Å². The Balaban J connectivity index is 2.20. The van der Waals surface area contributed by atoms with E-state index in [0.717, 1.165) is 0 Å². The molecule has 0 aliphatic carbocycles. The Hall–Kier alpha value is -1.92. The Morgan fingerprint density at radius 2 is 2.05 bits per heavy atom. The van der Waals surface area contributed by atoms with E-state index in [2.05, 4.69) is 15.5 Å². The molecule has 116 valence electrons. The largest absolute Gasteiger partial charge is 0.343 e. The molecule has 1 aromatic rings. The van der Waals surface area contributed by atoms with Crippen molar-refractivity contribution in [2.24, 2.45) is 0 Å². The zero-order chi connectivity index (χ0) is 15.5. The maximum absolute atomic E-state index is 12.8. The van der Waals surface area contributed by atoms with Gasteiger partial charge in [-0.2, -0.15) is 4.98 Å². The highest BCUT2D eigenvalue weighted by Crippen LogP contribution is 2.26. The SMILES string of the molecule is CCC1C(=O)NC(CC)(CC)C(=O)N1CCc1ncon1. The van der Waals surface area contributed by atoms with Crippen LogP contribution in [0.4, 0.5) is 0 Å². The fraction of sp³-hybridized carbons (Fsp3) is 0.714. The summed E-state index contributed by atoms with van der Waals surface area (Å²) >= 11 is 0. The van der Waals surface area contributed by atoms with Crippen molar-refractivity contribution in [2.75, 3.05) is 6.54 Å². The summed E-state index contributed by atoms with van der Waals surface area (Å²) in [6.45, 7) is 6.17. The van der Waals surface area contributed by atoms with Gasteiger partial charge in [-0.15, -0.1) is 0 Å². The number of piperazine rings is 1. The third kappa shape index (κ3) is 2.77. The van der Waals surface area contributed by atoms with Crippen molar-refractivity contribution >= 4 is 11.8 Å². The molecule has 7 heteroatoms. The lowest BCUT2D eigenvalue weighted by atomic mass is 9.86. The highest BCUT2D eigenvalue weighted by molar-refractivity contribution is 5.99. The maximum Gasteiger partial charge on any atom is 0.248 e. The zero-order valence-electron chi connectivity index (χ0n) is 12.8. The molecule has 1 saturated heterocycles. The zero-order valence-corrected chi connectivity index (χ0v) is 12.8. The molecule has 1 atom stereocenters. The lowest BCUT2D eigenvalue weighted by Crippen LogP contribution is -2.70. The number of aromatic nitrogens is 2. The average Bonchev–Trinajstić information content (AvgIpc) is 3.01. The third-order valence-corrected chi connectivity index (χ3v) is 4.29. The second-order valence-corrected chi connectivity index (χ2v) is 5.30. The number of rotatable bonds is 6. The Bertz CT molecular complexity index is 496. The van der Waals surface area contributed by atoms with Gasteiger partial charge in [-0.1, -0.05) is 25.9 Å². The molecule has 2 heterocycles. The Morgan fingerprint density at radius 3 is 2.57 bits per heavy atom. The van der Waals surface area contributed by atoms with E-state index in [9.17, 15) is 9.59 Å². The van der Waals surface area contributed by atoms with Crippen LogP contribution in [0.15, 0.2) is 10.9 Å². The van der Waals surface area contributed by atoms with Crippen LogP contribution in [0.1, 0.15) is 45.9 Å². The molecule has 1 fully saturated rings. The summed E-state index contributed by atoms with van der Waals surface area (Å²) in [5.74, 6) is 0.457. The molecule has 1 aliphatic heterocycles. The first-order valence-electron chi connectivity index (χ1n) is 7.46. The van der Waals surface area contributed by atoms with E-state index in [4.69, 9.17) is 4.52 Å². The van der Waals surface area contributed by atoms with Gasteiger partial charge in [0.25, 0.3) is 0 Å². The molecule has 0 bridgehead atoms. The van der Waals surface area contributed by atoms with Gasteiger partial charge >= 0.3 is 0 Å². The minimum Gasteiger partial charge on any atom is -0.343 e. The Morgan fingerprint density at radius 1 is 1.33 bits per heavy atom. The molecule has 1 aromatic heterocycles. The van der Waals surface area contributed by atoms with E-state index < -0.39 is 11.6 Å². The van der Waals surface area contributed by atoms with Crippen LogP contribution in [0.25, 0.3) is 0 Å². The predicted molar refractivity (Wildman–Crippen MR) is 75.2 cm³/mol. The summed E-state index contributed by atoms with van der Waals surface area (Å²) < 4.78 is 4.69. The molecule has 0 aromatic carbocycles. The second-order valence-electron chi connectivity index (χ2n) is 5.30. The van der Waals surface area contributed by atoms with Crippen molar-refractivity contribution in [3.63, 3.8) is 0 Å². The first-order chi connectivity index (χ1) is 10.1. The molecule has 7 nitrogen and oxygen atoms in total. The molecular weight excluding hydrogens is 272 g/mol. The number of carbonyl (C=O) groups is 2. The van der Waals surface area contributed by atoms with Crippen molar-refractivity contribution < 1.29 is 14.1 Å². The van der Waals surface area contributed by atoms with Gasteiger partial charge in [0, 0.05) is 13.0 Å². The van der Waals surface area contributed by atoms with Gasteiger partial charge in [0.05, 0.1) is 0 Å². The number of hydrogen-bond donors (Lipinski definition) is 1. The van der Waals surface area contributed by atoms with Crippen molar-refractivity contribution in [2.45, 2.75) is 58.0 Å². The van der Waals surface area contributed by atoms with E-state index >= 15 is 0 Å². The molecule has 2 amide bonds. The number of nitrogens with one attached hydrogen (secondary N) is 1. The highest BCUT2D eigenvalue weighted by Gasteiger charge is 2.47. The topological polar surface area (TPSA) is 88.3 Å². The molecule has 0 radical (unpaired) electrons. The molecule has 2 rings (SSSR count). The second kappa shape index (κ2) is 6.24. The quantitative estimate of drug-likeness (QED) is 0.842. The van der Waals surface area contributed by atoms with Crippen LogP contribution >= 0.6 is 0 Å². The van der Waals surface area contributed by atoms with Crippen molar-refractivity contribution in [1.29, 1.82) is 0 Å². The molecule has 21 heavy (non-hydrogen) atoms. The summed E-state index contributed by atoms with van der Waals surface area (Å²) in [7, 11) is 0. The predicted octanol–water partition coefficient (Wildman–Crippen LogP) is 0.908. The number of hydrogen-bond acceptors (Lipinski definition) is 5. The van der Waals surface area contributed by atoms with Crippen molar-refractivity contribution in [1.82, 2.24) is 20.4 Å². The highest BCUT2D eigenvalue weighted by atomic mass is 16.5. The molecule has 1 N–H and O–H groups in total. The molecule has 1 unspecified atom stereocenters. The van der Waals surface area contributed by atoms with Crippen LogP contribution in [0.2, 0.25) is 0 Å². The first kappa shape index (κ1) is 15.5. The fourth-order valence-electron chi connectivity index (χ4n) is 2.85. The number of amides is 2. The van der Waals surface area contributed by atoms with Gasteiger partial charge in [-0.25, -0.2) is 0 Å². The average molecular weight is 294 g/mol. The van der Waals surface area contributed by atoms with Crippen LogP contribution in [-0.2, 0) is 16.0 Å². The maximum atomic E-state index is 12.8. The van der Waals surface area contributed by atoms with Gasteiger partial charge in [-0.05, 0) is 19.3 Å². The van der Waals surface area contributed by atoms with E-state index in [1.807, 2.05) is 20.8 Å². The first-order valence-corrected chi connectivity index (χ1v) is 7.46. The number of nitrogens with zero attached hydrogens (tertiary/aromatic N) is 3. The normalized spacial score (nSPS) is 21.5. The Kier molecular flexibility index (Phi) is 4.59. The summed E-state index contributed by atoms with van der Waals surface area (Å²) in [6, 6.07) is -0.421. The van der Waals surface area contributed by atoms with Crippen LogP contribution in [-0.4, -0.2) is 45.0 Å². The molecule has 0 saturated carbocycles. The summed E-state index contributed by atoms with van der Waals surface area (Å²) in [5, 5.41) is 6.67. The Labute approximate surface area is 124 Å². The van der Waals surface area contributed by atoms with Crippen LogP contribution in [0.3, 0.4) is 0 Å². The van der Waals surface area contributed by atoms with Gasteiger partial charge in [0.15, 0.2) is 5.82 Å². The van der Waals surface area contributed by atoms with E-state index in [1.165, 1.54) is 6.39 Å². The minimum absolute atomic E-state index is 0.0116. The van der Waals surface area contributed by atoms with E-state index in [-0.39, 0.29) is 11.8 Å². The van der Waals surface area contributed by atoms with Crippen molar-refractivity contribution in [3.05, 3.63) is 12.2 Å². The van der Waals surface area contributed by atoms with Crippen LogP contribution in [0.5, 0.6) is 0 Å². The van der Waals surface area contributed by atoms with Gasteiger partial charge in [-0.3, -0.25) is 9.59 Å². The summed E-state index contributed by atoms with van der Waals surface area (Å²) in [4.78, 5) is 30.8. The van der Waals surface area contributed by atoms with E-state index in [1.54, 1.807) is 4.90 Å². The van der Waals surface area contributed by atoms with Crippen LogP contribution < -0.4 is 5.32 Å².